The van der Waals surface area contributed by atoms with E-state index >= 15 is 0 Å². The third-order valence-electron chi connectivity index (χ3n) is 9.41. The number of hydrogen-bond donors (Lipinski definition) is 0. The summed E-state index contributed by atoms with van der Waals surface area (Å²) in [6, 6.07) is 16.2. The van der Waals surface area contributed by atoms with Crippen molar-refractivity contribution in [2.75, 3.05) is 0 Å². The first-order chi connectivity index (χ1) is 44.5. The molecule has 0 unspecified atom stereocenters. The number of pyridine rings is 1. The fourth-order valence-electron chi connectivity index (χ4n) is 6.01. The maximum atomic E-state index is 4.40. The minimum atomic E-state index is 0. The second-order valence-electron chi connectivity index (χ2n) is 17.5. The number of rotatable bonds is 0. The highest BCUT2D eigenvalue weighted by Crippen LogP contribution is 2.17. The zero-order chi connectivity index (χ0) is 73.3. The second kappa shape index (κ2) is 92.2. The van der Waals surface area contributed by atoms with Crippen LogP contribution < -0.4 is 0 Å². The molecule has 0 radical (unpaired) electrons. The molecule has 0 saturated heterocycles. The summed E-state index contributed by atoms with van der Waals surface area (Å²) in [5.41, 5.74) is 13.2. The lowest BCUT2D eigenvalue weighted by Crippen LogP contribution is -1.97. The molecule has 102 heavy (non-hydrogen) atoms. The lowest BCUT2D eigenvalue weighted by molar-refractivity contribution is 0.875. The van der Waals surface area contributed by atoms with Gasteiger partial charge in [0.25, 0.3) is 0 Å². The number of hydrogen-bond acceptors (Lipinski definition) is 18. The molecule has 0 spiro atoms. The van der Waals surface area contributed by atoms with Gasteiger partial charge in [-0.3, -0.25) is 34.9 Å². The third kappa shape index (κ3) is 80.2. The smallest absolute Gasteiger partial charge is 0.129 e. The van der Waals surface area contributed by atoms with E-state index < -0.39 is 0 Å². The lowest BCUT2D eigenvalue weighted by atomic mass is 10.1. The van der Waals surface area contributed by atoms with Gasteiger partial charge >= 0.3 is 0 Å². The van der Waals surface area contributed by atoms with Gasteiger partial charge in [0, 0.05) is 102 Å². The lowest BCUT2D eigenvalue weighted by Gasteiger charge is -2.01. The van der Waals surface area contributed by atoms with E-state index in [1.54, 1.807) is 55.9 Å². The summed E-state index contributed by atoms with van der Waals surface area (Å²) in [6.07, 6.45) is 19.2. The van der Waals surface area contributed by atoms with Gasteiger partial charge in [0.1, 0.15) is 41.3 Å². The van der Waals surface area contributed by atoms with Crippen molar-refractivity contribution in [3.63, 3.8) is 0 Å². The monoisotopic (exact) mass is 1420 g/mol. The predicted octanol–water partition coefficient (Wildman–Crippen LogP) is 25.2. The Kier molecular flexibility index (Phi) is 120. The molecule has 0 bridgehead atoms. The molecule has 9 heterocycles. The van der Waals surface area contributed by atoms with Gasteiger partial charge < -0.3 is 0 Å². The number of nitrogens with zero attached hydrogens (tertiary/aromatic N) is 18. The van der Waals surface area contributed by atoms with Gasteiger partial charge in [-0.25, -0.2) is 54.8 Å². The topological polar surface area (TPSA) is 232 Å². The Labute approximate surface area is 632 Å². The summed E-state index contributed by atoms with van der Waals surface area (Å²) in [5.74, 6) is 4.88. The van der Waals surface area contributed by atoms with Crippen molar-refractivity contribution in [1.29, 1.82) is 0 Å². The van der Waals surface area contributed by atoms with Crippen molar-refractivity contribution in [2.24, 2.45) is 0 Å². The largest absolute Gasteiger partial charge is 0.261 e. The Bertz CT molecular complexity index is 2790. The van der Waals surface area contributed by atoms with Crippen LogP contribution in [0.1, 0.15) is 286 Å². The average Bonchev–Trinajstić information content (AvgIpc) is 0.829. The van der Waals surface area contributed by atoms with Gasteiger partial charge in [-0.15, -0.1) is 0 Å². The molecule has 0 amide bonds. The molecular weight excluding hydrogens is 1260 g/mol. The van der Waals surface area contributed by atoms with Gasteiger partial charge in [0.05, 0.1) is 34.2 Å². The highest BCUT2D eigenvalue weighted by atomic mass is 15.0. The molecule has 1 aromatic carbocycles. The van der Waals surface area contributed by atoms with Crippen LogP contribution in [0.2, 0.25) is 0 Å². The number of aryl methyl sites for hydroxylation is 19. The summed E-state index contributed by atoms with van der Waals surface area (Å²) < 4.78 is 0. The molecule has 10 rings (SSSR count). The van der Waals surface area contributed by atoms with Gasteiger partial charge in [-0.1, -0.05) is 202 Å². The van der Waals surface area contributed by atoms with Crippen LogP contribution in [0.4, 0.5) is 0 Å². The second-order valence-corrected chi connectivity index (χ2v) is 17.5. The summed E-state index contributed by atoms with van der Waals surface area (Å²) in [4.78, 5) is 72.3. The fourth-order valence-corrected chi connectivity index (χ4v) is 6.01. The Balaban J connectivity index is -0.0000000563. The van der Waals surface area contributed by atoms with E-state index in [0.717, 1.165) is 109 Å². The molecule has 0 aliphatic heterocycles. The van der Waals surface area contributed by atoms with E-state index in [4.69, 9.17) is 0 Å². The molecule has 0 saturated carbocycles. The Morgan fingerprint density at radius 3 is 0.765 bits per heavy atom. The van der Waals surface area contributed by atoms with E-state index in [1.807, 2.05) is 272 Å². The van der Waals surface area contributed by atoms with E-state index in [0.29, 0.717) is 0 Å². The number of aromatic nitrogens is 18. The Morgan fingerprint density at radius 1 is 0.216 bits per heavy atom. The minimum absolute atomic E-state index is 0. The SMILES string of the molecule is C.C.C.C.C.C.C.C.C.CC.CC.CC.CC.CC.CC.CC.CC.Cc1cc(C)ncn1.Cc1cc2ccccc2c(C)n1.Cc1ccnc(C)n1.Cc1ccnc(C)n1.Cc1cnc(C)cn1.Cc1cnc(C)cn1.Cc1cnc(C)nc1.Cc1cncc(C)n1.Cc1nc(C)nc(C)n1. The molecule has 9 aromatic heterocycles. The molecule has 0 N–H and O–H groups in total. The summed E-state index contributed by atoms with van der Waals surface area (Å²) in [5, 5.41) is 2.53. The van der Waals surface area contributed by atoms with E-state index in [2.05, 4.69) is 121 Å². The van der Waals surface area contributed by atoms with Crippen LogP contribution >= 0.6 is 0 Å². The van der Waals surface area contributed by atoms with Gasteiger partial charge in [-0.05, 0) is 167 Å². The van der Waals surface area contributed by atoms with E-state index in [1.165, 1.54) is 10.8 Å². The van der Waals surface area contributed by atoms with Crippen molar-refractivity contribution in [3.05, 3.63) is 226 Å². The predicted molar refractivity (Wildman–Crippen MR) is 457 cm³/mol. The zero-order valence-corrected chi connectivity index (χ0v) is 64.5. The van der Waals surface area contributed by atoms with Crippen LogP contribution in [-0.2, 0) is 0 Å². The maximum absolute atomic E-state index is 4.40. The minimum Gasteiger partial charge on any atom is -0.261 e. The normalized spacial score (nSPS) is 7.64. The van der Waals surface area contributed by atoms with Crippen molar-refractivity contribution in [2.45, 2.75) is 309 Å². The summed E-state index contributed by atoms with van der Waals surface area (Å²) in [6.45, 7) is 68.6. The number of benzene rings is 1. The first kappa shape index (κ1) is 133. The van der Waals surface area contributed by atoms with Crippen LogP contribution in [0.3, 0.4) is 0 Å². The molecule has 10 aromatic rings. The van der Waals surface area contributed by atoms with Crippen LogP contribution in [0, 0.1) is 132 Å². The zero-order valence-electron chi connectivity index (χ0n) is 64.5. The van der Waals surface area contributed by atoms with Gasteiger partial charge in [0.15, 0.2) is 0 Å². The van der Waals surface area contributed by atoms with Crippen molar-refractivity contribution in [3.8, 4) is 0 Å². The highest BCUT2D eigenvalue weighted by Gasteiger charge is 1.98. The molecule has 586 valence electrons. The Hall–Kier alpha value is -8.80. The molecular formula is C84H160N18. The first-order valence-electron chi connectivity index (χ1n) is 32.8. The standard InChI is InChI=1S/C11H11N.C6H9N3.7C6H8N2.8C2H6.9CH4/c1-8-7-10-5-3-4-6-11(10)9(2)12-8;1-4-7-5(2)9-6(3)8-4;2*1-5-3-8-6(2)4-7-5;1-5-3-7-4-6(2)8-5;1-5-3-6(2)8-4-7-5;1-5-3-7-6(2)8-4-5;2*1-5-3-4-7-6(2)8-5;8*1-2;;;;;;;;;/h3-7H,1-2H3;1-3H3;7*3-4H,1-2H3;8*1-2H3;9*1H4. The maximum Gasteiger partial charge on any atom is 0.129 e. The fraction of sp³-hybridized carbons (Fsp3) is 0.524. The molecule has 0 aliphatic rings. The van der Waals surface area contributed by atoms with Crippen molar-refractivity contribution < 1.29 is 0 Å². The Morgan fingerprint density at radius 2 is 0.529 bits per heavy atom. The third-order valence-corrected chi connectivity index (χ3v) is 9.41. The molecule has 0 aliphatic carbocycles. The molecule has 0 fully saturated rings. The van der Waals surface area contributed by atoms with Crippen LogP contribution in [0.15, 0.2) is 117 Å². The molecule has 18 heteroatoms. The summed E-state index contributed by atoms with van der Waals surface area (Å²) >= 11 is 0. The van der Waals surface area contributed by atoms with Crippen LogP contribution in [-0.4, -0.2) is 89.7 Å². The number of fused-ring (bicyclic) bond motifs is 1. The summed E-state index contributed by atoms with van der Waals surface area (Å²) in [7, 11) is 0. The highest BCUT2D eigenvalue weighted by molar-refractivity contribution is 5.84. The molecule has 18 nitrogen and oxygen atoms in total. The van der Waals surface area contributed by atoms with Crippen molar-refractivity contribution >= 4 is 10.8 Å². The van der Waals surface area contributed by atoms with Crippen molar-refractivity contribution in [1.82, 2.24) is 89.7 Å². The molecule has 0 atom stereocenters. The van der Waals surface area contributed by atoms with Gasteiger partial charge in [-0.2, -0.15) is 0 Å². The quantitative estimate of drug-likeness (QED) is 0.137. The van der Waals surface area contributed by atoms with Gasteiger partial charge in [0.2, 0.25) is 0 Å². The van der Waals surface area contributed by atoms with Crippen LogP contribution in [0.5, 0.6) is 0 Å². The average molecular weight is 1420 g/mol. The van der Waals surface area contributed by atoms with Crippen LogP contribution in [0.25, 0.3) is 10.8 Å². The van der Waals surface area contributed by atoms with E-state index in [-0.39, 0.29) is 66.8 Å². The first-order valence-corrected chi connectivity index (χ1v) is 32.8. The van der Waals surface area contributed by atoms with E-state index in [9.17, 15) is 0 Å².